The van der Waals surface area contributed by atoms with Crippen molar-refractivity contribution in [2.75, 3.05) is 6.54 Å². The number of hydrogen-bond acceptors (Lipinski definition) is 2. The van der Waals surface area contributed by atoms with Gasteiger partial charge in [0.15, 0.2) is 0 Å². The normalized spacial score (nSPS) is 12.6. The first kappa shape index (κ1) is 14.5. The summed E-state index contributed by atoms with van der Waals surface area (Å²) in [7, 11) is 2.05. The first-order chi connectivity index (χ1) is 9.20. The van der Waals surface area contributed by atoms with Crippen LogP contribution in [-0.4, -0.2) is 16.1 Å². The Labute approximate surface area is 128 Å². The summed E-state index contributed by atoms with van der Waals surface area (Å²) in [6.07, 6.45) is 5.96. The van der Waals surface area contributed by atoms with Gasteiger partial charge in [-0.15, -0.1) is 0 Å². The minimum absolute atomic E-state index is 0.326. The molecule has 4 heteroatoms. The third-order valence-electron chi connectivity index (χ3n) is 3.20. The molecule has 1 heterocycles. The molecule has 0 aliphatic rings. The average Bonchev–Trinajstić information content (AvgIpc) is 2.83. The van der Waals surface area contributed by atoms with Crippen molar-refractivity contribution in [2.24, 2.45) is 7.05 Å². The minimum atomic E-state index is 0.326. The Hall–Kier alpha value is -0.880. The number of halogens is 1. The van der Waals surface area contributed by atoms with Gasteiger partial charge in [0.1, 0.15) is 0 Å². The predicted octanol–water partition coefficient (Wildman–Crippen LogP) is 3.31. The van der Waals surface area contributed by atoms with E-state index in [1.807, 2.05) is 12.5 Å². The van der Waals surface area contributed by atoms with Crippen molar-refractivity contribution in [1.29, 1.82) is 0 Å². The van der Waals surface area contributed by atoms with Crippen LogP contribution in [-0.2, 0) is 13.5 Å². The number of aromatic nitrogens is 2. The van der Waals surface area contributed by atoms with Crippen molar-refractivity contribution in [1.82, 2.24) is 14.9 Å². The molecule has 0 aliphatic carbocycles. The van der Waals surface area contributed by atoms with Crippen LogP contribution in [0.4, 0.5) is 0 Å². The Bertz CT molecular complexity index is 504. The lowest BCUT2D eigenvalue weighted by atomic mass is 10.0. The molecule has 0 fully saturated rings. The summed E-state index contributed by atoms with van der Waals surface area (Å²) in [6.45, 7) is 3.22. The highest BCUT2D eigenvalue weighted by Gasteiger charge is 2.14. The van der Waals surface area contributed by atoms with E-state index in [1.165, 1.54) is 14.8 Å². The van der Waals surface area contributed by atoms with Gasteiger partial charge in [-0.25, -0.2) is 4.98 Å². The lowest BCUT2D eigenvalue weighted by molar-refractivity contribution is 0.504. The van der Waals surface area contributed by atoms with Gasteiger partial charge in [-0.05, 0) is 59.7 Å². The number of aryl methyl sites for hydroxylation is 1. The van der Waals surface area contributed by atoms with E-state index in [0.717, 1.165) is 19.4 Å². The molecule has 2 rings (SSSR count). The van der Waals surface area contributed by atoms with E-state index in [4.69, 9.17) is 0 Å². The summed E-state index contributed by atoms with van der Waals surface area (Å²) < 4.78 is 3.37. The summed E-state index contributed by atoms with van der Waals surface area (Å²) in [6, 6.07) is 9.07. The van der Waals surface area contributed by atoms with E-state index in [0.29, 0.717) is 6.04 Å². The molecule has 1 unspecified atom stereocenters. The van der Waals surface area contributed by atoms with Crippen molar-refractivity contribution in [3.05, 3.63) is 51.6 Å². The maximum absolute atomic E-state index is 4.23. The molecule has 19 heavy (non-hydrogen) atoms. The van der Waals surface area contributed by atoms with Gasteiger partial charge in [-0.1, -0.05) is 19.1 Å². The molecule has 102 valence electrons. The second-order valence-electron chi connectivity index (χ2n) is 4.77. The van der Waals surface area contributed by atoms with Crippen LogP contribution in [0.25, 0.3) is 0 Å². The first-order valence-electron chi connectivity index (χ1n) is 6.64. The zero-order valence-electron chi connectivity index (χ0n) is 11.4. The number of nitrogens with one attached hydrogen (secondary N) is 1. The van der Waals surface area contributed by atoms with Crippen molar-refractivity contribution in [3.63, 3.8) is 0 Å². The molecule has 1 N–H and O–H groups in total. The van der Waals surface area contributed by atoms with Crippen LogP contribution in [0.1, 0.15) is 30.6 Å². The van der Waals surface area contributed by atoms with Gasteiger partial charge in [-0.2, -0.15) is 0 Å². The molecular weight excluding hydrogens is 349 g/mol. The van der Waals surface area contributed by atoms with Crippen LogP contribution in [0.3, 0.4) is 0 Å². The molecule has 0 saturated carbocycles. The molecule has 0 bridgehead atoms. The smallest absolute Gasteiger partial charge is 0.0946 e. The Kier molecular flexibility index (Phi) is 5.39. The van der Waals surface area contributed by atoms with Gasteiger partial charge in [0.25, 0.3) is 0 Å². The van der Waals surface area contributed by atoms with Gasteiger partial charge in [0.2, 0.25) is 0 Å². The standard InChI is InChI=1S/C15H20IN3/c1-3-8-18-14(15-10-17-11-19(15)2)9-12-4-6-13(16)7-5-12/h4-7,10-11,14,18H,3,8-9H2,1-2H3. The number of nitrogens with zero attached hydrogens (tertiary/aromatic N) is 2. The quantitative estimate of drug-likeness (QED) is 0.792. The molecule has 0 radical (unpaired) electrons. The highest BCUT2D eigenvalue weighted by Crippen LogP contribution is 2.18. The molecule has 2 aromatic rings. The minimum Gasteiger partial charge on any atom is -0.336 e. The Balaban J connectivity index is 2.14. The second-order valence-corrected chi connectivity index (χ2v) is 6.01. The van der Waals surface area contributed by atoms with Crippen LogP contribution in [0, 0.1) is 3.57 Å². The zero-order valence-corrected chi connectivity index (χ0v) is 13.6. The van der Waals surface area contributed by atoms with Gasteiger partial charge in [0, 0.05) is 16.8 Å². The number of benzene rings is 1. The number of imidazole rings is 1. The van der Waals surface area contributed by atoms with E-state index in [9.17, 15) is 0 Å². The summed E-state index contributed by atoms with van der Waals surface area (Å²) in [5.41, 5.74) is 2.60. The van der Waals surface area contributed by atoms with Crippen LogP contribution in [0.5, 0.6) is 0 Å². The SMILES string of the molecule is CCCNC(Cc1ccc(I)cc1)c1cncn1C. The maximum Gasteiger partial charge on any atom is 0.0946 e. The molecule has 0 aliphatic heterocycles. The summed E-state index contributed by atoms with van der Waals surface area (Å²) in [5, 5.41) is 3.61. The fraction of sp³-hybridized carbons (Fsp3) is 0.400. The highest BCUT2D eigenvalue weighted by atomic mass is 127. The second kappa shape index (κ2) is 7.05. The van der Waals surface area contributed by atoms with E-state index >= 15 is 0 Å². The van der Waals surface area contributed by atoms with E-state index in [-0.39, 0.29) is 0 Å². The first-order valence-corrected chi connectivity index (χ1v) is 7.72. The van der Waals surface area contributed by atoms with E-state index in [1.54, 1.807) is 0 Å². The van der Waals surface area contributed by atoms with Crippen molar-refractivity contribution >= 4 is 22.6 Å². The monoisotopic (exact) mass is 369 g/mol. The molecule has 0 saturated heterocycles. The third kappa shape index (κ3) is 4.04. The fourth-order valence-corrected chi connectivity index (χ4v) is 2.52. The van der Waals surface area contributed by atoms with Crippen LogP contribution < -0.4 is 5.32 Å². The predicted molar refractivity (Wildman–Crippen MR) is 87.1 cm³/mol. The Morgan fingerprint density at radius 1 is 1.32 bits per heavy atom. The lowest BCUT2D eigenvalue weighted by Crippen LogP contribution is -2.25. The molecule has 0 amide bonds. The molecule has 1 atom stereocenters. The maximum atomic E-state index is 4.23. The average molecular weight is 369 g/mol. The highest BCUT2D eigenvalue weighted by molar-refractivity contribution is 14.1. The topological polar surface area (TPSA) is 29.9 Å². The number of hydrogen-bond donors (Lipinski definition) is 1. The van der Waals surface area contributed by atoms with Crippen LogP contribution in [0.2, 0.25) is 0 Å². The van der Waals surface area contributed by atoms with Crippen molar-refractivity contribution in [2.45, 2.75) is 25.8 Å². The molecule has 3 nitrogen and oxygen atoms in total. The van der Waals surface area contributed by atoms with Crippen molar-refractivity contribution in [3.8, 4) is 0 Å². The van der Waals surface area contributed by atoms with E-state index in [2.05, 4.69) is 75.7 Å². The molecular formula is C15H20IN3. The van der Waals surface area contributed by atoms with Gasteiger partial charge in [0.05, 0.1) is 18.1 Å². The Morgan fingerprint density at radius 3 is 2.63 bits per heavy atom. The van der Waals surface area contributed by atoms with Gasteiger partial charge in [-0.3, -0.25) is 0 Å². The molecule has 1 aromatic heterocycles. The van der Waals surface area contributed by atoms with Gasteiger partial charge >= 0.3 is 0 Å². The summed E-state index contributed by atoms with van der Waals surface area (Å²) >= 11 is 2.34. The van der Waals surface area contributed by atoms with Gasteiger partial charge < -0.3 is 9.88 Å². The Morgan fingerprint density at radius 2 is 2.05 bits per heavy atom. The largest absolute Gasteiger partial charge is 0.336 e. The van der Waals surface area contributed by atoms with Crippen molar-refractivity contribution < 1.29 is 0 Å². The summed E-state index contributed by atoms with van der Waals surface area (Å²) in [4.78, 5) is 4.23. The zero-order chi connectivity index (χ0) is 13.7. The van der Waals surface area contributed by atoms with E-state index < -0.39 is 0 Å². The van der Waals surface area contributed by atoms with Crippen LogP contribution in [0.15, 0.2) is 36.8 Å². The van der Waals surface area contributed by atoms with Crippen LogP contribution >= 0.6 is 22.6 Å². The molecule has 1 aromatic carbocycles. The molecule has 0 spiro atoms. The summed E-state index contributed by atoms with van der Waals surface area (Å²) in [5.74, 6) is 0. The third-order valence-corrected chi connectivity index (χ3v) is 3.92. The fourth-order valence-electron chi connectivity index (χ4n) is 2.16. The number of rotatable bonds is 6. The lowest BCUT2D eigenvalue weighted by Gasteiger charge is -2.19.